The molecule has 0 aliphatic carbocycles. The fourth-order valence-corrected chi connectivity index (χ4v) is 5.54. The molecule has 2 heterocycles. The van der Waals surface area contributed by atoms with Crippen molar-refractivity contribution in [2.24, 2.45) is 0 Å². The zero-order valence-electron chi connectivity index (χ0n) is 14.3. The third kappa shape index (κ3) is 2.93. The number of nitrogens with zero attached hydrogens (tertiary/aromatic N) is 1. The molecule has 5 rings (SSSR count). The summed E-state index contributed by atoms with van der Waals surface area (Å²) < 4.78 is 39.8. The van der Waals surface area contributed by atoms with Crippen molar-refractivity contribution >= 4 is 23.1 Å². The van der Waals surface area contributed by atoms with Crippen LogP contribution in [0.15, 0.2) is 82.6 Å². The maximum atomic E-state index is 13.3. The fourth-order valence-electron chi connectivity index (χ4n) is 3.23. The predicted molar refractivity (Wildman–Crippen MR) is 108 cm³/mol. The van der Waals surface area contributed by atoms with Gasteiger partial charge < -0.3 is 0 Å². The largest absolute Gasteiger partial charge is 0.416 e. The Labute approximate surface area is 167 Å². The Morgan fingerprint density at radius 3 is 2.29 bits per heavy atom. The molecule has 0 unspecified atom stereocenters. The topological polar surface area (TPSA) is 12.9 Å². The van der Waals surface area contributed by atoms with Crippen LogP contribution in [0.3, 0.4) is 0 Å². The molecular weight excluding hydrogens is 399 g/mol. The summed E-state index contributed by atoms with van der Waals surface area (Å²) in [4.78, 5) is 7.33. The standard InChI is InChI=1S/C22H12F3NS2/c23-22(24,25)14-10-11-15-18(12-14)27-17-9-5-4-8-16(17)20-19(15)26-21(28-20)13-6-2-1-3-7-13/h1-12H. The summed E-state index contributed by atoms with van der Waals surface area (Å²) >= 11 is 2.93. The van der Waals surface area contributed by atoms with Gasteiger partial charge in [0.15, 0.2) is 0 Å². The summed E-state index contributed by atoms with van der Waals surface area (Å²) in [6.45, 7) is 0. The Morgan fingerprint density at radius 2 is 1.50 bits per heavy atom. The number of aromatic nitrogens is 1. The van der Waals surface area contributed by atoms with Crippen molar-refractivity contribution in [3.8, 4) is 32.3 Å². The van der Waals surface area contributed by atoms with Crippen LogP contribution >= 0.6 is 23.1 Å². The van der Waals surface area contributed by atoms with E-state index >= 15 is 0 Å². The summed E-state index contributed by atoms with van der Waals surface area (Å²) in [5.74, 6) is 0. The minimum Gasteiger partial charge on any atom is -0.235 e. The first-order chi connectivity index (χ1) is 13.5. The number of halogens is 3. The molecule has 1 nitrogen and oxygen atoms in total. The third-order valence-corrected chi connectivity index (χ3v) is 6.83. The highest BCUT2D eigenvalue weighted by atomic mass is 32.2. The van der Waals surface area contributed by atoms with Gasteiger partial charge in [-0.15, -0.1) is 11.3 Å². The zero-order valence-corrected chi connectivity index (χ0v) is 16.0. The smallest absolute Gasteiger partial charge is 0.235 e. The number of rotatable bonds is 1. The molecule has 0 amide bonds. The van der Waals surface area contributed by atoms with Crippen molar-refractivity contribution in [2.75, 3.05) is 0 Å². The second-order valence-electron chi connectivity index (χ2n) is 6.37. The van der Waals surface area contributed by atoms with Crippen molar-refractivity contribution < 1.29 is 13.2 Å². The Kier molecular flexibility index (Phi) is 4.07. The van der Waals surface area contributed by atoms with E-state index < -0.39 is 11.7 Å². The van der Waals surface area contributed by atoms with Crippen LogP contribution < -0.4 is 0 Å². The maximum absolute atomic E-state index is 13.3. The number of hydrogen-bond acceptors (Lipinski definition) is 3. The van der Waals surface area contributed by atoms with E-state index in [-0.39, 0.29) is 0 Å². The van der Waals surface area contributed by atoms with Gasteiger partial charge in [0.25, 0.3) is 0 Å². The lowest BCUT2D eigenvalue weighted by Gasteiger charge is -2.11. The maximum Gasteiger partial charge on any atom is 0.416 e. The predicted octanol–water partition coefficient (Wildman–Crippen LogP) is 7.63. The highest BCUT2D eigenvalue weighted by Gasteiger charge is 2.32. The minimum atomic E-state index is -4.37. The second-order valence-corrected chi connectivity index (χ2v) is 8.45. The van der Waals surface area contributed by atoms with Crippen molar-refractivity contribution in [2.45, 2.75) is 16.0 Å². The molecule has 0 fully saturated rings. The number of alkyl halides is 3. The van der Waals surface area contributed by atoms with Gasteiger partial charge in [0.2, 0.25) is 0 Å². The van der Waals surface area contributed by atoms with Crippen LogP contribution in [0.4, 0.5) is 13.2 Å². The molecule has 3 aromatic carbocycles. The van der Waals surface area contributed by atoms with Gasteiger partial charge in [-0.05, 0) is 18.2 Å². The van der Waals surface area contributed by atoms with Gasteiger partial charge in [0.1, 0.15) is 5.01 Å². The van der Waals surface area contributed by atoms with E-state index in [1.165, 1.54) is 17.8 Å². The zero-order chi connectivity index (χ0) is 19.3. The first-order valence-corrected chi connectivity index (χ1v) is 10.2. The van der Waals surface area contributed by atoms with Gasteiger partial charge in [0, 0.05) is 26.5 Å². The van der Waals surface area contributed by atoms with Crippen LogP contribution in [-0.4, -0.2) is 4.98 Å². The van der Waals surface area contributed by atoms with E-state index in [2.05, 4.69) is 0 Å². The third-order valence-electron chi connectivity index (χ3n) is 4.56. The number of benzene rings is 3. The van der Waals surface area contributed by atoms with Gasteiger partial charge in [-0.1, -0.05) is 66.4 Å². The first-order valence-electron chi connectivity index (χ1n) is 8.56. The highest BCUT2D eigenvalue weighted by molar-refractivity contribution is 7.99. The SMILES string of the molecule is FC(F)(F)c1ccc2c(c1)Sc1ccccc1-c1sc(-c3ccccc3)nc1-2. The van der Waals surface area contributed by atoms with E-state index in [9.17, 15) is 13.2 Å². The van der Waals surface area contributed by atoms with Gasteiger partial charge in [-0.25, -0.2) is 4.98 Å². The Bertz CT molecular complexity index is 1180. The quantitative estimate of drug-likeness (QED) is 0.281. The second kappa shape index (κ2) is 6.50. The van der Waals surface area contributed by atoms with Crippen LogP contribution in [0, 0.1) is 0 Å². The number of thiazole rings is 1. The lowest BCUT2D eigenvalue weighted by molar-refractivity contribution is -0.137. The fraction of sp³-hybridized carbons (Fsp3) is 0.0455. The summed E-state index contributed by atoms with van der Waals surface area (Å²) in [5, 5.41) is 0.859. The number of fused-ring (bicyclic) bond motifs is 5. The van der Waals surface area contributed by atoms with E-state index in [1.807, 2.05) is 54.6 Å². The molecule has 0 spiro atoms. The minimum absolute atomic E-state index is 0.575. The Morgan fingerprint density at radius 1 is 0.750 bits per heavy atom. The normalized spacial score (nSPS) is 12.7. The van der Waals surface area contributed by atoms with Crippen molar-refractivity contribution in [1.82, 2.24) is 4.98 Å². The molecular formula is C22H12F3NS2. The molecule has 0 radical (unpaired) electrons. The summed E-state index contributed by atoms with van der Waals surface area (Å²) in [7, 11) is 0. The van der Waals surface area contributed by atoms with Crippen LogP contribution in [0.5, 0.6) is 0 Å². The Balaban J connectivity index is 1.77. The van der Waals surface area contributed by atoms with E-state index in [1.54, 1.807) is 17.4 Å². The summed E-state index contributed by atoms with van der Waals surface area (Å²) in [6, 6.07) is 21.6. The van der Waals surface area contributed by atoms with Crippen molar-refractivity contribution in [3.63, 3.8) is 0 Å². The molecule has 138 valence electrons. The molecule has 1 aliphatic heterocycles. The molecule has 0 N–H and O–H groups in total. The van der Waals surface area contributed by atoms with Gasteiger partial charge in [-0.2, -0.15) is 13.2 Å². The molecule has 1 aromatic heterocycles. The molecule has 28 heavy (non-hydrogen) atoms. The van der Waals surface area contributed by atoms with Crippen LogP contribution in [0.1, 0.15) is 5.56 Å². The highest BCUT2D eigenvalue weighted by Crippen LogP contribution is 2.51. The molecule has 0 bridgehead atoms. The van der Waals surface area contributed by atoms with Crippen LogP contribution in [0.25, 0.3) is 32.3 Å². The molecule has 1 aliphatic rings. The molecule has 0 atom stereocenters. The molecule has 6 heteroatoms. The van der Waals surface area contributed by atoms with Gasteiger partial charge in [0.05, 0.1) is 16.1 Å². The van der Waals surface area contributed by atoms with Crippen LogP contribution in [0.2, 0.25) is 0 Å². The average molecular weight is 411 g/mol. The summed E-state index contributed by atoms with van der Waals surface area (Å²) in [5.41, 5.74) is 2.84. The first kappa shape index (κ1) is 17.5. The number of hydrogen-bond donors (Lipinski definition) is 0. The molecule has 0 saturated heterocycles. The lowest BCUT2D eigenvalue weighted by atomic mass is 10.0. The van der Waals surface area contributed by atoms with E-state index in [0.29, 0.717) is 4.90 Å². The van der Waals surface area contributed by atoms with Crippen molar-refractivity contribution in [3.05, 3.63) is 78.4 Å². The van der Waals surface area contributed by atoms with E-state index in [0.717, 1.165) is 43.2 Å². The summed E-state index contributed by atoms with van der Waals surface area (Å²) in [6.07, 6.45) is -4.37. The van der Waals surface area contributed by atoms with Gasteiger partial charge in [-0.3, -0.25) is 0 Å². The van der Waals surface area contributed by atoms with Crippen molar-refractivity contribution in [1.29, 1.82) is 0 Å². The van der Waals surface area contributed by atoms with Crippen LogP contribution in [-0.2, 0) is 6.18 Å². The molecule has 4 aromatic rings. The Hall–Kier alpha value is -2.57. The van der Waals surface area contributed by atoms with Gasteiger partial charge >= 0.3 is 6.18 Å². The lowest BCUT2D eigenvalue weighted by Crippen LogP contribution is -2.04. The monoisotopic (exact) mass is 411 g/mol. The average Bonchev–Trinajstić information content (AvgIpc) is 3.08. The van der Waals surface area contributed by atoms with E-state index in [4.69, 9.17) is 4.98 Å². The molecule has 0 saturated carbocycles.